The number of nitrogens with zero attached hydrogens (tertiary/aromatic N) is 1. The van der Waals surface area contributed by atoms with Crippen molar-refractivity contribution in [3.63, 3.8) is 0 Å². The highest BCUT2D eigenvalue weighted by Gasteiger charge is 2.12. The summed E-state index contributed by atoms with van der Waals surface area (Å²) < 4.78 is 37.8. The van der Waals surface area contributed by atoms with Gasteiger partial charge in [-0.25, -0.2) is 13.8 Å². The van der Waals surface area contributed by atoms with Gasteiger partial charge in [0.2, 0.25) is 5.88 Å². The number of hydrogen-bond donors (Lipinski definition) is 1. The van der Waals surface area contributed by atoms with Crippen LogP contribution in [-0.2, 0) is 4.79 Å². The number of anilines is 1. The molecule has 1 heterocycles. The molecule has 0 fully saturated rings. The maximum atomic E-state index is 13.5. The first-order valence-corrected chi connectivity index (χ1v) is 7.67. The summed E-state index contributed by atoms with van der Waals surface area (Å²) in [4.78, 5) is 15.8. The van der Waals surface area contributed by atoms with Crippen LogP contribution in [-0.4, -0.2) is 17.5 Å². The summed E-state index contributed by atoms with van der Waals surface area (Å²) in [6.07, 6.45) is 1.61. The highest BCUT2D eigenvalue weighted by molar-refractivity contribution is 5.92. The van der Waals surface area contributed by atoms with Crippen LogP contribution in [0.2, 0.25) is 0 Å². The van der Waals surface area contributed by atoms with E-state index in [-0.39, 0.29) is 0 Å². The number of pyridine rings is 1. The highest BCUT2D eigenvalue weighted by atomic mass is 19.1. The number of amides is 1. The van der Waals surface area contributed by atoms with Crippen molar-refractivity contribution in [3.8, 4) is 17.4 Å². The lowest BCUT2D eigenvalue weighted by atomic mass is 10.3. The molecular weight excluding hydrogens is 342 g/mol. The van der Waals surface area contributed by atoms with Crippen molar-refractivity contribution in [1.82, 2.24) is 4.98 Å². The number of halogens is 2. The summed E-state index contributed by atoms with van der Waals surface area (Å²) in [5, 5.41) is 2.15. The first kappa shape index (κ1) is 17.3. The van der Waals surface area contributed by atoms with Crippen molar-refractivity contribution < 1.29 is 23.0 Å². The lowest BCUT2D eigenvalue weighted by Crippen LogP contribution is -2.21. The van der Waals surface area contributed by atoms with Crippen molar-refractivity contribution in [1.29, 1.82) is 0 Å². The summed E-state index contributed by atoms with van der Waals surface area (Å²) >= 11 is 0. The van der Waals surface area contributed by atoms with Gasteiger partial charge in [-0.1, -0.05) is 12.1 Å². The van der Waals surface area contributed by atoms with Crippen molar-refractivity contribution in [2.45, 2.75) is 0 Å². The average Bonchev–Trinajstić information content (AvgIpc) is 2.65. The Morgan fingerprint density at radius 1 is 0.923 bits per heavy atom. The van der Waals surface area contributed by atoms with Gasteiger partial charge < -0.3 is 14.8 Å². The van der Waals surface area contributed by atoms with Gasteiger partial charge in [-0.15, -0.1) is 0 Å². The molecule has 5 nitrogen and oxygen atoms in total. The lowest BCUT2D eigenvalue weighted by molar-refractivity contribution is -0.118. The molecule has 0 saturated carbocycles. The first-order chi connectivity index (χ1) is 12.6. The van der Waals surface area contributed by atoms with Crippen LogP contribution in [0.4, 0.5) is 14.5 Å². The molecule has 0 saturated heterocycles. The fraction of sp³-hybridized carbons (Fsp3) is 0.0526. The monoisotopic (exact) mass is 356 g/mol. The minimum Gasteiger partial charge on any atom is -0.484 e. The van der Waals surface area contributed by atoms with Gasteiger partial charge >= 0.3 is 0 Å². The number of carbonyl (C=O) groups is 1. The summed E-state index contributed by atoms with van der Waals surface area (Å²) in [6, 6.07) is 15.1. The van der Waals surface area contributed by atoms with Crippen LogP contribution >= 0.6 is 0 Å². The maximum Gasteiger partial charge on any atom is 0.262 e. The molecule has 0 aliphatic carbocycles. The topological polar surface area (TPSA) is 60.5 Å². The Kier molecular flexibility index (Phi) is 5.38. The average molecular weight is 356 g/mol. The summed E-state index contributed by atoms with van der Waals surface area (Å²) in [5.41, 5.74) is -0.500. The van der Waals surface area contributed by atoms with Crippen molar-refractivity contribution in [3.05, 3.63) is 78.5 Å². The molecule has 1 N–H and O–H groups in total. The number of rotatable bonds is 6. The normalized spacial score (nSPS) is 10.2. The highest BCUT2D eigenvalue weighted by Crippen LogP contribution is 2.22. The van der Waals surface area contributed by atoms with Crippen LogP contribution in [0.3, 0.4) is 0 Å². The fourth-order valence-corrected chi connectivity index (χ4v) is 2.07. The number of nitrogens with one attached hydrogen (secondary N) is 1. The number of para-hydroxylation sites is 1. The zero-order valence-electron chi connectivity index (χ0n) is 13.5. The molecule has 0 spiro atoms. The van der Waals surface area contributed by atoms with E-state index in [1.807, 2.05) is 0 Å². The van der Waals surface area contributed by atoms with Gasteiger partial charge in [-0.2, -0.15) is 0 Å². The van der Waals surface area contributed by atoms with Crippen molar-refractivity contribution in [2.24, 2.45) is 0 Å². The number of ether oxygens (including phenoxy) is 2. The van der Waals surface area contributed by atoms with E-state index in [1.165, 1.54) is 6.07 Å². The Morgan fingerprint density at radius 2 is 1.62 bits per heavy atom. The Bertz CT molecular complexity index is 867. The SMILES string of the molecule is O=C(COc1ccc(Oc2ccccn2)cc1)Nc1c(F)cccc1F. The van der Waals surface area contributed by atoms with E-state index in [0.717, 1.165) is 12.1 Å². The van der Waals surface area contributed by atoms with E-state index in [1.54, 1.807) is 48.7 Å². The molecule has 2 aromatic carbocycles. The fourth-order valence-electron chi connectivity index (χ4n) is 2.07. The Morgan fingerprint density at radius 3 is 2.27 bits per heavy atom. The summed E-state index contributed by atoms with van der Waals surface area (Å²) in [7, 11) is 0. The van der Waals surface area contributed by atoms with E-state index < -0.39 is 29.8 Å². The number of benzene rings is 2. The molecule has 26 heavy (non-hydrogen) atoms. The molecule has 0 aliphatic rings. The Hall–Kier alpha value is -3.48. The van der Waals surface area contributed by atoms with E-state index in [0.29, 0.717) is 17.4 Å². The second-order valence-corrected chi connectivity index (χ2v) is 5.17. The molecular formula is C19H14F2N2O3. The molecule has 0 radical (unpaired) electrons. The Balaban J connectivity index is 1.54. The van der Waals surface area contributed by atoms with E-state index >= 15 is 0 Å². The molecule has 1 amide bonds. The van der Waals surface area contributed by atoms with Crippen LogP contribution in [0.15, 0.2) is 66.9 Å². The lowest BCUT2D eigenvalue weighted by Gasteiger charge is -2.09. The quantitative estimate of drug-likeness (QED) is 0.720. The first-order valence-electron chi connectivity index (χ1n) is 7.67. The van der Waals surface area contributed by atoms with Crippen molar-refractivity contribution in [2.75, 3.05) is 11.9 Å². The molecule has 3 rings (SSSR count). The smallest absolute Gasteiger partial charge is 0.262 e. The number of aromatic nitrogens is 1. The van der Waals surface area contributed by atoms with Crippen LogP contribution in [0, 0.1) is 11.6 Å². The van der Waals surface area contributed by atoms with Gasteiger partial charge in [-0.05, 0) is 42.5 Å². The third-order valence-corrected chi connectivity index (χ3v) is 3.28. The minimum absolute atomic E-state index is 0.395. The summed E-state index contributed by atoms with van der Waals surface area (Å²) in [5.74, 6) is -0.976. The third kappa shape index (κ3) is 4.54. The van der Waals surface area contributed by atoms with Crippen LogP contribution in [0.5, 0.6) is 17.4 Å². The molecule has 0 unspecified atom stereocenters. The van der Waals surface area contributed by atoms with E-state index in [9.17, 15) is 13.6 Å². The second kappa shape index (κ2) is 8.06. The predicted octanol–water partition coefficient (Wildman–Crippen LogP) is 4.17. The van der Waals surface area contributed by atoms with Gasteiger partial charge in [0.05, 0.1) is 0 Å². The molecule has 132 valence electrons. The Labute approximate surface area is 148 Å². The largest absolute Gasteiger partial charge is 0.484 e. The number of hydrogen-bond acceptors (Lipinski definition) is 4. The third-order valence-electron chi connectivity index (χ3n) is 3.28. The van der Waals surface area contributed by atoms with Gasteiger partial charge in [0.15, 0.2) is 6.61 Å². The van der Waals surface area contributed by atoms with Gasteiger partial charge in [0, 0.05) is 12.3 Å². The number of carbonyl (C=O) groups excluding carboxylic acids is 1. The standard InChI is InChI=1S/C19H14F2N2O3/c20-15-4-3-5-16(21)19(15)23-17(24)12-25-13-7-9-14(10-8-13)26-18-6-1-2-11-22-18/h1-11H,12H2,(H,23,24). The van der Waals surface area contributed by atoms with Crippen molar-refractivity contribution >= 4 is 11.6 Å². The zero-order valence-corrected chi connectivity index (χ0v) is 13.5. The molecule has 1 aromatic heterocycles. The van der Waals surface area contributed by atoms with E-state index in [2.05, 4.69) is 10.3 Å². The summed E-state index contributed by atoms with van der Waals surface area (Å²) in [6.45, 7) is -0.395. The molecule has 3 aromatic rings. The molecule has 0 bridgehead atoms. The molecule has 7 heteroatoms. The zero-order chi connectivity index (χ0) is 18.4. The predicted molar refractivity (Wildman–Crippen MR) is 91.2 cm³/mol. The van der Waals surface area contributed by atoms with E-state index in [4.69, 9.17) is 9.47 Å². The van der Waals surface area contributed by atoms with Gasteiger partial charge in [-0.3, -0.25) is 4.79 Å². The molecule has 0 atom stereocenters. The van der Waals surface area contributed by atoms with Crippen LogP contribution in [0.25, 0.3) is 0 Å². The maximum absolute atomic E-state index is 13.5. The van der Waals surface area contributed by atoms with Gasteiger partial charge in [0.1, 0.15) is 28.8 Å². The minimum atomic E-state index is -0.852. The second-order valence-electron chi connectivity index (χ2n) is 5.17. The molecule has 0 aliphatic heterocycles. The van der Waals surface area contributed by atoms with Crippen LogP contribution < -0.4 is 14.8 Å². The van der Waals surface area contributed by atoms with Gasteiger partial charge in [0.25, 0.3) is 5.91 Å². The van der Waals surface area contributed by atoms with Crippen LogP contribution in [0.1, 0.15) is 0 Å².